The summed E-state index contributed by atoms with van der Waals surface area (Å²) in [6, 6.07) is 18.6. The number of fused-ring (bicyclic) bond motifs is 1. The number of carbonyl (C=O) groups excluding carboxylic acids is 2. The number of hydrogen-bond acceptors (Lipinski definition) is 3. The van der Waals surface area contributed by atoms with E-state index in [0.29, 0.717) is 19.5 Å². The number of benzene rings is 2. The molecule has 0 saturated carbocycles. The highest BCUT2D eigenvalue weighted by atomic mass is 16.2. The predicted molar refractivity (Wildman–Crippen MR) is 118 cm³/mol. The van der Waals surface area contributed by atoms with E-state index < -0.39 is 0 Å². The van der Waals surface area contributed by atoms with Crippen molar-refractivity contribution in [1.29, 1.82) is 0 Å². The van der Waals surface area contributed by atoms with Gasteiger partial charge in [0.15, 0.2) is 0 Å². The molecule has 5 nitrogen and oxygen atoms in total. The molecule has 2 aliphatic heterocycles. The molecule has 0 unspecified atom stereocenters. The van der Waals surface area contributed by atoms with Gasteiger partial charge < -0.3 is 14.7 Å². The molecular weight excluding hydrogens is 374 g/mol. The second kappa shape index (κ2) is 9.43. The Bertz CT molecular complexity index is 883. The van der Waals surface area contributed by atoms with Gasteiger partial charge in [-0.1, -0.05) is 48.5 Å². The maximum Gasteiger partial charge on any atom is 0.254 e. The summed E-state index contributed by atoms with van der Waals surface area (Å²) in [5.41, 5.74) is 3.20. The highest BCUT2D eigenvalue weighted by Gasteiger charge is 2.29. The summed E-state index contributed by atoms with van der Waals surface area (Å²) in [5.74, 6) is 0.180. The van der Waals surface area contributed by atoms with Crippen LogP contribution in [0.25, 0.3) is 0 Å². The first-order valence-corrected chi connectivity index (χ1v) is 11.0. The summed E-state index contributed by atoms with van der Waals surface area (Å²) >= 11 is 0. The van der Waals surface area contributed by atoms with E-state index in [1.165, 1.54) is 5.56 Å². The van der Waals surface area contributed by atoms with E-state index in [0.717, 1.165) is 50.0 Å². The van der Waals surface area contributed by atoms with Crippen LogP contribution in [0.4, 0.5) is 0 Å². The lowest BCUT2D eigenvalue weighted by molar-refractivity contribution is -0.133. The van der Waals surface area contributed by atoms with Crippen LogP contribution in [0.5, 0.6) is 0 Å². The lowest BCUT2D eigenvalue weighted by Gasteiger charge is -2.38. The topological polar surface area (TPSA) is 43.9 Å². The molecule has 2 amide bonds. The number of nitrogens with zero attached hydrogens (tertiary/aromatic N) is 3. The van der Waals surface area contributed by atoms with Crippen molar-refractivity contribution in [1.82, 2.24) is 14.7 Å². The van der Waals surface area contributed by atoms with Crippen LogP contribution in [0.2, 0.25) is 0 Å². The molecule has 2 aromatic carbocycles. The maximum atomic E-state index is 12.8. The second-order valence-corrected chi connectivity index (χ2v) is 8.47. The van der Waals surface area contributed by atoms with Crippen LogP contribution in [0.3, 0.4) is 0 Å². The molecule has 2 aromatic rings. The molecule has 0 bridgehead atoms. The average molecular weight is 406 g/mol. The van der Waals surface area contributed by atoms with Gasteiger partial charge in [-0.15, -0.1) is 0 Å². The third-order valence-electron chi connectivity index (χ3n) is 6.47. The highest BCUT2D eigenvalue weighted by Crippen LogP contribution is 2.23. The van der Waals surface area contributed by atoms with E-state index in [4.69, 9.17) is 0 Å². The average Bonchev–Trinajstić information content (AvgIpc) is 3.12. The normalized spacial score (nSPS) is 19.0. The summed E-state index contributed by atoms with van der Waals surface area (Å²) in [6.07, 6.45) is 3.61. The van der Waals surface area contributed by atoms with Crippen LogP contribution in [0.15, 0.2) is 54.6 Å². The predicted octanol–water partition coefficient (Wildman–Crippen LogP) is 3.20. The molecule has 0 radical (unpaired) electrons. The van der Waals surface area contributed by atoms with E-state index in [1.54, 1.807) is 4.90 Å². The molecule has 1 saturated heterocycles. The number of likely N-dealkylation sites (N-methyl/N-ethyl adjacent to an activating group) is 1. The molecule has 0 spiro atoms. The zero-order chi connectivity index (χ0) is 20.9. The minimum absolute atomic E-state index is 0.0470. The first-order chi connectivity index (χ1) is 14.6. The van der Waals surface area contributed by atoms with Gasteiger partial charge >= 0.3 is 0 Å². The van der Waals surface area contributed by atoms with Gasteiger partial charge in [0, 0.05) is 51.3 Å². The Balaban J connectivity index is 1.25. The Labute approximate surface area is 179 Å². The number of piperidine rings is 1. The Morgan fingerprint density at radius 2 is 1.83 bits per heavy atom. The SMILES string of the molecule is CN(C(=O)CCN1Cc2ccccc2C1=O)[C@@H]1CCCN(CCc2ccccc2)C1. The fraction of sp³-hybridized carbons (Fsp3) is 0.440. The van der Waals surface area contributed by atoms with E-state index in [-0.39, 0.29) is 17.9 Å². The van der Waals surface area contributed by atoms with E-state index in [9.17, 15) is 9.59 Å². The minimum Gasteiger partial charge on any atom is -0.341 e. The third-order valence-corrected chi connectivity index (χ3v) is 6.47. The van der Waals surface area contributed by atoms with Gasteiger partial charge in [0.2, 0.25) is 5.91 Å². The molecular formula is C25H31N3O2. The Hall–Kier alpha value is -2.66. The highest BCUT2D eigenvalue weighted by molar-refractivity contribution is 5.98. The molecule has 0 N–H and O–H groups in total. The van der Waals surface area contributed by atoms with Crippen LogP contribution in [-0.4, -0.2) is 65.8 Å². The Kier molecular flexibility index (Phi) is 6.48. The Morgan fingerprint density at radius 1 is 1.07 bits per heavy atom. The van der Waals surface area contributed by atoms with Crippen molar-refractivity contribution in [2.24, 2.45) is 0 Å². The molecule has 1 atom stereocenters. The third kappa shape index (κ3) is 4.73. The first kappa shape index (κ1) is 20.6. The van der Waals surface area contributed by atoms with Gasteiger partial charge in [0.1, 0.15) is 0 Å². The summed E-state index contributed by atoms with van der Waals surface area (Å²) in [6.45, 7) is 4.17. The minimum atomic E-state index is 0.0470. The van der Waals surface area contributed by atoms with Crippen LogP contribution in [0, 0.1) is 0 Å². The molecule has 0 aliphatic carbocycles. The van der Waals surface area contributed by atoms with Gasteiger partial charge in [0.25, 0.3) is 5.91 Å². The number of rotatable bonds is 7. The van der Waals surface area contributed by atoms with Gasteiger partial charge in [-0.05, 0) is 43.0 Å². The molecule has 30 heavy (non-hydrogen) atoms. The smallest absolute Gasteiger partial charge is 0.254 e. The summed E-state index contributed by atoms with van der Waals surface area (Å²) in [4.78, 5) is 31.5. The summed E-state index contributed by atoms with van der Waals surface area (Å²) in [7, 11) is 1.92. The Morgan fingerprint density at radius 3 is 2.63 bits per heavy atom. The fourth-order valence-corrected chi connectivity index (χ4v) is 4.59. The van der Waals surface area contributed by atoms with Crippen LogP contribution >= 0.6 is 0 Å². The number of likely N-dealkylation sites (tertiary alicyclic amines) is 1. The largest absolute Gasteiger partial charge is 0.341 e. The first-order valence-electron chi connectivity index (χ1n) is 11.0. The molecule has 0 aromatic heterocycles. The quantitative estimate of drug-likeness (QED) is 0.711. The molecule has 4 rings (SSSR count). The molecule has 1 fully saturated rings. The fourth-order valence-electron chi connectivity index (χ4n) is 4.59. The number of carbonyl (C=O) groups is 2. The lowest BCUT2D eigenvalue weighted by Crippen LogP contribution is -2.49. The lowest BCUT2D eigenvalue weighted by atomic mass is 10.0. The monoisotopic (exact) mass is 405 g/mol. The van der Waals surface area contributed by atoms with Gasteiger partial charge in [0.05, 0.1) is 0 Å². The molecule has 5 heteroatoms. The van der Waals surface area contributed by atoms with E-state index >= 15 is 0 Å². The maximum absolute atomic E-state index is 12.8. The van der Waals surface area contributed by atoms with Crippen LogP contribution in [-0.2, 0) is 17.8 Å². The van der Waals surface area contributed by atoms with Crippen molar-refractivity contribution in [2.45, 2.75) is 38.3 Å². The molecule has 158 valence electrons. The van der Waals surface area contributed by atoms with Gasteiger partial charge in [-0.25, -0.2) is 0 Å². The summed E-state index contributed by atoms with van der Waals surface area (Å²) < 4.78 is 0. The van der Waals surface area contributed by atoms with Crippen molar-refractivity contribution in [3.05, 3.63) is 71.3 Å². The number of hydrogen-bond donors (Lipinski definition) is 0. The standard InChI is InChI=1S/C25H31N3O2/c1-26(22-11-7-15-27(19-22)16-13-20-8-3-2-4-9-20)24(29)14-17-28-18-21-10-5-6-12-23(21)25(28)30/h2-6,8-10,12,22H,7,11,13-19H2,1H3/t22-/m1/s1. The number of amides is 2. The van der Waals surface area contributed by atoms with E-state index in [1.807, 2.05) is 36.2 Å². The van der Waals surface area contributed by atoms with Gasteiger partial charge in [-0.3, -0.25) is 9.59 Å². The second-order valence-electron chi connectivity index (χ2n) is 8.47. The van der Waals surface area contributed by atoms with Crippen molar-refractivity contribution < 1.29 is 9.59 Å². The van der Waals surface area contributed by atoms with Crippen molar-refractivity contribution in [3.63, 3.8) is 0 Å². The van der Waals surface area contributed by atoms with Crippen LogP contribution < -0.4 is 0 Å². The van der Waals surface area contributed by atoms with Crippen LogP contribution in [0.1, 0.15) is 40.7 Å². The zero-order valence-corrected chi connectivity index (χ0v) is 17.8. The molecule has 2 aliphatic rings. The van der Waals surface area contributed by atoms with Gasteiger partial charge in [-0.2, -0.15) is 0 Å². The molecule has 2 heterocycles. The summed E-state index contributed by atoms with van der Waals surface area (Å²) in [5, 5.41) is 0. The van der Waals surface area contributed by atoms with Crippen molar-refractivity contribution in [3.8, 4) is 0 Å². The zero-order valence-electron chi connectivity index (χ0n) is 17.8. The van der Waals surface area contributed by atoms with Crippen molar-refractivity contribution >= 4 is 11.8 Å². The van der Waals surface area contributed by atoms with E-state index in [2.05, 4.69) is 35.2 Å². The van der Waals surface area contributed by atoms with Crippen molar-refractivity contribution in [2.75, 3.05) is 33.2 Å².